The molecule has 0 spiro atoms. The first-order valence-electron chi connectivity index (χ1n) is 5.06. The highest BCUT2D eigenvalue weighted by Gasteiger charge is 2.16. The Labute approximate surface area is 98.3 Å². The van der Waals surface area contributed by atoms with Gasteiger partial charge in [-0.15, -0.1) is 0 Å². The van der Waals surface area contributed by atoms with Crippen LogP contribution < -0.4 is 10.6 Å². The molecule has 0 saturated heterocycles. The van der Waals surface area contributed by atoms with Gasteiger partial charge in [0.1, 0.15) is 5.70 Å². The molecular weight excluding hydrogens is 216 g/mol. The Bertz CT molecular complexity index is 538. The molecule has 1 aromatic rings. The van der Waals surface area contributed by atoms with Crippen LogP contribution in [0.15, 0.2) is 60.0 Å². The topological polar surface area (TPSA) is 58.2 Å². The third kappa shape index (κ3) is 2.51. The molecule has 1 aromatic carbocycles. The Balaban J connectivity index is 2.18. The normalized spacial score (nSPS) is 13.4. The number of anilines is 1. The van der Waals surface area contributed by atoms with Crippen LogP contribution in [0.25, 0.3) is 0 Å². The van der Waals surface area contributed by atoms with E-state index in [0.29, 0.717) is 5.69 Å². The van der Waals surface area contributed by atoms with E-state index in [1.165, 1.54) is 0 Å². The first-order valence-corrected chi connectivity index (χ1v) is 5.06. The van der Waals surface area contributed by atoms with Gasteiger partial charge in [0.25, 0.3) is 5.91 Å². The van der Waals surface area contributed by atoms with E-state index in [9.17, 15) is 9.59 Å². The Hall–Kier alpha value is -2.58. The number of benzene rings is 1. The van der Waals surface area contributed by atoms with E-state index < -0.39 is 0 Å². The molecule has 0 bridgehead atoms. The van der Waals surface area contributed by atoms with Crippen LogP contribution in [0.5, 0.6) is 0 Å². The number of hydrogen-bond donors (Lipinski definition) is 2. The summed E-state index contributed by atoms with van der Waals surface area (Å²) < 4.78 is 0. The lowest BCUT2D eigenvalue weighted by Crippen LogP contribution is -2.22. The quantitative estimate of drug-likeness (QED) is 0.749. The van der Waals surface area contributed by atoms with E-state index in [4.69, 9.17) is 0 Å². The van der Waals surface area contributed by atoms with Gasteiger partial charge in [-0.1, -0.05) is 18.2 Å². The van der Waals surface area contributed by atoms with Crippen molar-refractivity contribution < 1.29 is 9.59 Å². The molecule has 0 aromatic heterocycles. The van der Waals surface area contributed by atoms with Crippen LogP contribution in [0.3, 0.4) is 0 Å². The lowest BCUT2D eigenvalue weighted by atomic mass is 10.1. The number of hydrogen-bond acceptors (Lipinski definition) is 3. The lowest BCUT2D eigenvalue weighted by molar-refractivity contribution is -0.112. The van der Waals surface area contributed by atoms with Gasteiger partial charge in [-0.25, -0.2) is 4.79 Å². The zero-order valence-electron chi connectivity index (χ0n) is 8.94. The standard InChI is InChI=1S/C13H10N2O2/c16-9-12-11(7-4-8-14-12)13(17)15-10-5-2-1-3-6-10/h1-8,14H,(H,15,17). The summed E-state index contributed by atoms with van der Waals surface area (Å²) in [7, 11) is 0. The molecule has 4 nitrogen and oxygen atoms in total. The molecule has 1 heterocycles. The maximum absolute atomic E-state index is 11.9. The highest BCUT2D eigenvalue weighted by atomic mass is 16.1. The van der Waals surface area contributed by atoms with Crippen molar-refractivity contribution in [1.82, 2.24) is 5.32 Å². The minimum absolute atomic E-state index is 0.140. The fraction of sp³-hybridized carbons (Fsp3) is 0. The molecule has 17 heavy (non-hydrogen) atoms. The highest BCUT2D eigenvalue weighted by Crippen LogP contribution is 2.13. The van der Waals surface area contributed by atoms with Gasteiger partial charge in [0, 0.05) is 11.9 Å². The lowest BCUT2D eigenvalue weighted by Gasteiger charge is -2.11. The summed E-state index contributed by atoms with van der Waals surface area (Å²) in [5, 5.41) is 5.36. The minimum atomic E-state index is -0.341. The second kappa shape index (κ2) is 4.96. The van der Waals surface area contributed by atoms with Crippen LogP contribution >= 0.6 is 0 Å². The van der Waals surface area contributed by atoms with Gasteiger partial charge in [0.15, 0.2) is 5.94 Å². The van der Waals surface area contributed by atoms with E-state index in [2.05, 4.69) is 10.6 Å². The summed E-state index contributed by atoms with van der Waals surface area (Å²) in [6.07, 6.45) is 4.79. The van der Waals surface area contributed by atoms with Crippen molar-refractivity contribution in [3.8, 4) is 0 Å². The van der Waals surface area contributed by atoms with E-state index in [1.807, 2.05) is 18.2 Å². The van der Waals surface area contributed by atoms with Crippen LogP contribution in [0, 0.1) is 0 Å². The summed E-state index contributed by atoms with van der Waals surface area (Å²) >= 11 is 0. The average molecular weight is 226 g/mol. The summed E-state index contributed by atoms with van der Waals surface area (Å²) in [4.78, 5) is 22.5. The maximum Gasteiger partial charge on any atom is 0.258 e. The fourth-order valence-corrected chi connectivity index (χ4v) is 1.43. The Kier molecular flexibility index (Phi) is 3.19. The van der Waals surface area contributed by atoms with Crippen LogP contribution in [0.1, 0.15) is 0 Å². The molecule has 2 N–H and O–H groups in total. The molecule has 2 rings (SSSR count). The molecule has 0 unspecified atom stereocenters. The van der Waals surface area contributed by atoms with Crippen molar-refractivity contribution in [2.24, 2.45) is 0 Å². The highest BCUT2D eigenvalue weighted by molar-refractivity contribution is 6.08. The van der Waals surface area contributed by atoms with Crippen molar-refractivity contribution >= 4 is 17.5 Å². The third-order valence-electron chi connectivity index (χ3n) is 2.23. The van der Waals surface area contributed by atoms with Gasteiger partial charge < -0.3 is 10.6 Å². The van der Waals surface area contributed by atoms with Crippen molar-refractivity contribution in [3.63, 3.8) is 0 Å². The van der Waals surface area contributed by atoms with Crippen LogP contribution in [-0.2, 0) is 9.59 Å². The predicted octanol–water partition coefficient (Wildman–Crippen LogP) is 1.38. The molecule has 0 fully saturated rings. The maximum atomic E-state index is 11.9. The summed E-state index contributed by atoms with van der Waals surface area (Å²) in [5.41, 5.74) is 1.09. The van der Waals surface area contributed by atoms with Crippen molar-refractivity contribution in [1.29, 1.82) is 0 Å². The SMILES string of the molecule is O=C=C1NC=CC=C1C(=O)Nc1ccccc1. The average Bonchev–Trinajstić information content (AvgIpc) is 2.40. The second-order valence-electron chi connectivity index (χ2n) is 3.38. The number of allylic oxidation sites excluding steroid dienone is 2. The number of rotatable bonds is 2. The molecule has 1 aliphatic rings. The van der Waals surface area contributed by atoms with Gasteiger partial charge in [-0.3, -0.25) is 4.79 Å². The zero-order valence-corrected chi connectivity index (χ0v) is 8.94. The summed E-state index contributed by atoms with van der Waals surface area (Å²) in [6.45, 7) is 0. The first-order chi connectivity index (χ1) is 8.31. The Morgan fingerprint density at radius 2 is 2.00 bits per heavy atom. The number of para-hydroxylation sites is 1. The molecule has 4 heteroatoms. The number of carbonyl (C=O) groups is 1. The molecule has 0 saturated carbocycles. The van der Waals surface area contributed by atoms with Gasteiger partial charge >= 0.3 is 0 Å². The zero-order chi connectivity index (χ0) is 12.1. The van der Waals surface area contributed by atoms with Gasteiger partial charge in [0.05, 0.1) is 5.57 Å². The molecule has 0 aliphatic carbocycles. The monoisotopic (exact) mass is 226 g/mol. The predicted molar refractivity (Wildman–Crippen MR) is 64.6 cm³/mol. The van der Waals surface area contributed by atoms with Gasteiger partial charge in [-0.05, 0) is 24.3 Å². The van der Waals surface area contributed by atoms with Crippen molar-refractivity contribution in [2.75, 3.05) is 5.32 Å². The molecular formula is C13H10N2O2. The van der Waals surface area contributed by atoms with Crippen LogP contribution in [0.2, 0.25) is 0 Å². The molecule has 1 amide bonds. The van der Waals surface area contributed by atoms with E-state index in [-0.39, 0.29) is 17.2 Å². The number of amides is 1. The minimum Gasteiger partial charge on any atom is -0.352 e. The van der Waals surface area contributed by atoms with Gasteiger partial charge in [0.2, 0.25) is 0 Å². The van der Waals surface area contributed by atoms with Crippen LogP contribution in [0.4, 0.5) is 5.69 Å². The second-order valence-corrected chi connectivity index (χ2v) is 3.38. The molecule has 84 valence electrons. The molecule has 0 atom stereocenters. The Morgan fingerprint density at radius 3 is 2.71 bits per heavy atom. The number of dihydropyridines is 1. The number of nitrogens with one attached hydrogen (secondary N) is 2. The third-order valence-corrected chi connectivity index (χ3v) is 2.23. The largest absolute Gasteiger partial charge is 0.352 e. The van der Waals surface area contributed by atoms with E-state index in [1.54, 1.807) is 36.4 Å². The molecule has 0 radical (unpaired) electrons. The number of carbonyl (C=O) groups excluding carboxylic acids is 2. The Morgan fingerprint density at radius 1 is 1.24 bits per heavy atom. The molecule has 1 aliphatic heterocycles. The summed E-state index contributed by atoms with van der Waals surface area (Å²) in [6, 6.07) is 9.04. The van der Waals surface area contributed by atoms with Crippen molar-refractivity contribution in [2.45, 2.75) is 0 Å². The van der Waals surface area contributed by atoms with E-state index >= 15 is 0 Å². The van der Waals surface area contributed by atoms with E-state index in [0.717, 1.165) is 0 Å². The van der Waals surface area contributed by atoms with Crippen molar-refractivity contribution in [3.05, 3.63) is 60.0 Å². The first kappa shape index (κ1) is 10.9. The summed E-state index contributed by atoms with van der Waals surface area (Å²) in [5.74, 6) is 1.35. The smallest absolute Gasteiger partial charge is 0.258 e. The van der Waals surface area contributed by atoms with Gasteiger partial charge in [-0.2, -0.15) is 0 Å². The van der Waals surface area contributed by atoms with Crippen LogP contribution in [-0.4, -0.2) is 11.8 Å². The fourth-order valence-electron chi connectivity index (χ4n) is 1.43.